The van der Waals surface area contributed by atoms with E-state index in [0.29, 0.717) is 25.4 Å². The van der Waals surface area contributed by atoms with Gasteiger partial charge < -0.3 is 10.2 Å². The number of amides is 1. The Labute approximate surface area is 143 Å². The van der Waals surface area contributed by atoms with Crippen LogP contribution in [0.3, 0.4) is 0 Å². The number of hydrogen-bond acceptors (Lipinski definition) is 2. The molecule has 1 unspecified atom stereocenters. The summed E-state index contributed by atoms with van der Waals surface area (Å²) in [6, 6.07) is 17.0. The lowest BCUT2D eigenvalue weighted by Crippen LogP contribution is -2.29. The van der Waals surface area contributed by atoms with Crippen molar-refractivity contribution in [2.45, 2.75) is 32.4 Å². The second-order valence-corrected chi connectivity index (χ2v) is 6.96. The highest BCUT2D eigenvalue weighted by Gasteiger charge is 2.23. The molecule has 1 saturated heterocycles. The van der Waals surface area contributed by atoms with Gasteiger partial charge in [0.1, 0.15) is 0 Å². The molecule has 0 aromatic heterocycles. The first-order valence-corrected chi connectivity index (χ1v) is 8.96. The van der Waals surface area contributed by atoms with Gasteiger partial charge in [-0.1, -0.05) is 48.5 Å². The maximum atomic E-state index is 12.8. The molecule has 0 spiro atoms. The number of carbonyl (C=O) groups is 1. The van der Waals surface area contributed by atoms with Crippen molar-refractivity contribution in [3.05, 3.63) is 59.7 Å². The van der Waals surface area contributed by atoms with Crippen molar-refractivity contribution >= 4 is 5.91 Å². The molecule has 24 heavy (non-hydrogen) atoms. The summed E-state index contributed by atoms with van der Waals surface area (Å²) < 4.78 is 0. The Balaban J connectivity index is 1.56. The molecule has 4 rings (SSSR count). The molecule has 1 N–H and O–H groups in total. The van der Waals surface area contributed by atoms with Crippen LogP contribution in [0.25, 0.3) is 11.1 Å². The molecule has 0 saturated carbocycles. The van der Waals surface area contributed by atoms with E-state index in [1.807, 2.05) is 4.90 Å². The first-order valence-electron chi connectivity index (χ1n) is 8.96. The van der Waals surface area contributed by atoms with Gasteiger partial charge in [0, 0.05) is 19.5 Å². The molecule has 2 aliphatic heterocycles. The molecule has 3 heteroatoms. The lowest BCUT2D eigenvalue weighted by atomic mass is 9.97. The maximum absolute atomic E-state index is 12.8. The molecule has 2 aromatic rings. The fraction of sp³-hybridized carbons (Fsp3) is 0.381. The Morgan fingerprint density at radius 1 is 1.00 bits per heavy atom. The Morgan fingerprint density at radius 2 is 1.62 bits per heavy atom. The van der Waals surface area contributed by atoms with Gasteiger partial charge in [0.25, 0.3) is 0 Å². The summed E-state index contributed by atoms with van der Waals surface area (Å²) in [6.07, 6.45) is 2.88. The van der Waals surface area contributed by atoms with Gasteiger partial charge in [-0.05, 0) is 54.1 Å². The summed E-state index contributed by atoms with van der Waals surface area (Å²) in [6.45, 7) is 3.60. The maximum Gasteiger partial charge on any atom is 0.223 e. The molecular formula is C21H24N2O. The molecule has 124 valence electrons. The van der Waals surface area contributed by atoms with E-state index in [0.717, 1.165) is 19.5 Å². The minimum atomic E-state index is 0.286. The molecule has 1 fully saturated rings. The van der Waals surface area contributed by atoms with E-state index in [1.54, 1.807) is 0 Å². The number of nitrogens with one attached hydrogen (secondary N) is 1. The van der Waals surface area contributed by atoms with Crippen molar-refractivity contribution < 1.29 is 4.79 Å². The summed E-state index contributed by atoms with van der Waals surface area (Å²) in [7, 11) is 0. The monoisotopic (exact) mass is 320 g/mol. The topological polar surface area (TPSA) is 32.3 Å². The van der Waals surface area contributed by atoms with Crippen LogP contribution >= 0.6 is 0 Å². The minimum Gasteiger partial charge on any atom is -0.334 e. The number of fused-ring (bicyclic) bond motifs is 3. The SMILES string of the molecule is O=C(CCC1CCNC1)N1Cc2ccccc2-c2ccccc2C1. The van der Waals surface area contributed by atoms with Gasteiger partial charge in [0.05, 0.1) is 0 Å². The van der Waals surface area contributed by atoms with Crippen molar-refractivity contribution in [2.24, 2.45) is 5.92 Å². The van der Waals surface area contributed by atoms with E-state index < -0.39 is 0 Å². The molecule has 1 atom stereocenters. The van der Waals surface area contributed by atoms with Crippen LogP contribution in [0.1, 0.15) is 30.4 Å². The highest BCUT2D eigenvalue weighted by Crippen LogP contribution is 2.32. The summed E-state index contributed by atoms with van der Waals surface area (Å²) >= 11 is 0. The summed E-state index contributed by atoms with van der Waals surface area (Å²) in [5.74, 6) is 0.953. The van der Waals surface area contributed by atoms with Crippen LogP contribution in [0.4, 0.5) is 0 Å². The van der Waals surface area contributed by atoms with Gasteiger partial charge in [0.15, 0.2) is 0 Å². The molecule has 3 nitrogen and oxygen atoms in total. The van der Waals surface area contributed by atoms with Crippen molar-refractivity contribution in [2.75, 3.05) is 13.1 Å². The average Bonchev–Trinajstić information content (AvgIpc) is 3.07. The summed E-state index contributed by atoms with van der Waals surface area (Å²) in [5, 5.41) is 3.39. The fourth-order valence-corrected chi connectivity index (χ4v) is 3.93. The smallest absolute Gasteiger partial charge is 0.223 e. The minimum absolute atomic E-state index is 0.286. The number of hydrogen-bond donors (Lipinski definition) is 1. The van der Waals surface area contributed by atoms with Crippen LogP contribution in [-0.2, 0) is 17.9 Å². The van der Waals surface area contributed by atoms with Crippen LogP contribution in [0.5, 0.6) is 0 Å². The van der Waals surface area contributed by atoms with Gasteiger partial charge in [-0.3, -0.25) is 4.79 Å². The van der Waals surface area contributed by atoms with Gasteiger partial charge in [-0.25, -0.2) is 0 Å². The van der Waals surface area contributed by atoms with Crippen LogP contribution in [-0.4, -0.2) is 23.9 Å². The molecule has 0 aliphatic carbocycles. The Bertz CT molecular complexity index is 687. The highest BCUT2D eigenvalue weighted by atomic mass is 16.2. The van der Waals surface area contributed by atoms with Gasteiger partial charge in [-0.2, -0.15) is 0 Å². The lowest BCUT2D eigenvalue weighted by molar-refractivity contribution is -0.132. The van der Waals surface area contributed by atoms with Crippen molar-refractivity contribution in [3.63, 3.8) is 0 Å². The highest BCUT2D eigenvalue weighted by molar-refractivity contribution is 5.79. The van der Waals surface area contributed by atoms with Crippen molar-refractivity contribution in [3.8, 4) is 11.1 Å². The van der Waals surface area contributed by atoms with Gasteiger partial charge >= 0.3 is 0 Å². The van der Waals surface area contributed by atoms with Crippen molar-refractivity contribution in [1.29, 1.82) is 0 Å². The molecule has 2 aromatic carbocycles. The largest absolute Gasteiger partial charge is 0.334 e. The predicted octanol–water partition coefficient (Wildman–Crippen LogP) is 3.59. The molecule has 0 bridgehead atoms. The van der Waals surface area contributed by atoms with E-state index in [4.69, 9.17) is 0 Å². The third-order valence-corrected chi connectivity index (χ3v) is 5.33. The third kappa shape index (κ3) is 3.09. The van der Waals surface area contributed by atoms with Crippen LogP contribution in [0.15, 0.2) is 48.5 Å². The van der Waals surface area contributed by atoms with Gasteiger partial charge in [-0.15, -0.1) is 0 Å². The van der Waals surface area contributed by atoms with E-state index in [1.165, 1.54) is 28.7 Å². The molecule has 0 radical (unpaired) electrons. The zero-order valence-electron chi connectivity index (χ0n) is 14.0. The van der Waals surface area contributed by atoms with E-state index in [-0.39, 0.29) is 5.91 Å². The van der Waals surface area contributed by atoms with E-state index in [9.17, 15) is 4.79 Å². The second kappa shape index (κ2) is 6.78. The Hall–Kier alpha value is -2.13. The number of rotatable bonds is 3. The molecule has 2 aliphatic rings. The third-order valence-electron chi connectivity index (χ3n) is 5.33. The van der Waals surface area contributed by atoms with Crippen LogP contribution in [0, 0.1) is 5.92 Å². The fourth-order valence-electron chi connectivity index (χ4n) is 3.93. The number of carbonyl (C=O) groups excluding carboxylic acids is 1. The normalized spacial score (nSPS) is 19.5. The molecule has 1 amide bonds. The number of nitrogens with zero attached hydrogens (tertiary/aromatic N) is 1. The average molecular weight is 320 g/mol. The van der Waals surface area contributed by atoms with Crippen LogP contribution in [0.2, 0.25) is 0 Å². The Kier molecular flexibility index (Phi) is 4.35. The van der Waals surface area contributed by atoms with Crippen LogP contribution < -0.4 is 5.32 Å². The standard InChI is InChI=1S/C21H24N2O/c24-21(10-9-16-11-12-22-13-16)23-14-17-5-1-3-7-19(17)20-8-4-2-6-18(20)15-23/h1-8,16,22H,9-15H2. The first kappa shape index (κ1) is 15.4. The van der Waals surface area contributed by atoms with Crippen molar-refractivity contribution in [1.82, 2.24) is 10.2 Å². The zero-order valence-corrected chi connectivity index (χ0v) is 14.0. The summed E-state index contributed by atoms with van der Waals surface area (Å²) in [5.41, 5.74) is 5.03. The second-order valence-electron chi connectivity index (χ2n) is 6.96. The quantitative estimate of drug-likeness (QED) is 0.937. The first-order chi connectivity index (χ1) is 11.8. The lowest BCUT2D eigenvalue weighted by Gasteiger charge is -2.22. The van der Waals surface area contributed by atoms with Gasteiger partial charge in [0.2, 0.25) is 5.91 Å². The Morgan fingerprint density at radius 3 is 2.21 bits per heavy atom. The van der Waals surface area contributed by atoms with E-state index >= 15 is 0 Å². The molecular weight excluding hydrogens is 296 g/mol. The van der Waals surface area contributed by atoms with E-state index in [2.05, 4.69) is 53.8 Å². The zero-order chi connectivity index (χ0) is 16.4. The summed E-state index contributed by atoms with van der Waals surface area (Å²) in [4.78, 5) is 14.9. The predicted molar refractivity (Wildman–Crippen MR) is 96.3 cm³/mol. The molecule has 2 heterocycles. The number of benzene rings is 2.